The lowest BCUT2D eigenvalue weighted by Crippen LogP contribution is -2.18. The van der Waals surface area contributed by atoms with Crippen molar-refractivity contribution in [2.24, 2.45) is 0 Å². The quantitative estimate of drug-likeness (QED) is 0.290. The van der Waals surface area contributed by atoms with Crippen LogP contribution < -0.4 is 9.47 Å². The van der Waals surface area contributed by atoms with Crippen LogP contribution in [0.1, 0.15) is 74.6 Å². The number of methoxy groups -OCH3 is 1. The highest BCUT2D eigenvalue weighted by Crippen LogP contribution is 2.40. The Balaban J connectivity index is 1.63. The van der Waals surface area contributed by atoms with Gasteiger partial charge in [0.25, 0.3) is 0 Å². The molecule has 1 aliphatic rings. The molecule has 0 bridgehead atoms. The van der Waals surface area contributed by atoms with Crippen LogP contribution in [0.4, 0.5) is 4.39 Å². The van der Waals surface area contributed by atoms with Gasteiger partial charge in [-0.2, -0.15) is 0 Å². The molecule has 4 rings (SSSR count). The molecule has 3 aromatic carbocycles. The number of aliphatic hydroxyl groups excluding tert-OH is 1. The predicted octanol–water partition coefficient (Wildman–Crippen LogP) is 8.65. The summed E-state index contributed by atoms with van der Waals surface area (Å²) in [4.78, 5) is 0. The summed E-state index contributed by atoms with van der Waals surface area (Å²) in [7, 11) is 1.60. The summed E-state index contributed by atoms with van der Waals surface area (Å²) in [6, 6.07) is 17.3. The van der Waals surface area contributed by atoms with Gasteiger partial charge in [-0.25, -0.2) is 4.39 Å². The molecule has 36 heavy (non-hydrogen) atoms. The molecule has 1 atom stereocenters. The van der Waals surface area contributed by atoms with Gasteiger partial charge < -0.3 is 14.6 Å². The zero-order chi connectivity index (χ0) is 25.9. The second-order valence-electron chi connectivity index (χ2n) is 10.5. The number of aliphatic hydroxyl groups is 1. The number of hydrogen-bond donors (Lipinski definition) is 1. The molecule has 190 valence electrons. The Hall–Kier alpha value is -3.27. The number of hydrogen-bond acceptors (Lipinski definition) is 3. The largest absolute Gasteiger partial charge is 0.513 e. The van der Waals surface area contributed by atoms with Crippen molar-refractivity contribution in [1.29, 1.82) is 0 Å². The molecule has 0 amide bonds. The van der Waals surface area contributed by atoms with Crippen molar-refractivity contribution in [1.82, 2.24) is 0 Å². The number of rotatable bonds is 10. The lowest BCUT2D eigenvalue weighted by atomic mass is 9.76. The maximum absolute atomic E-state index is 14.9. The van der Waals surface area contributed by atoms with Gasteiger partial charge in [0, 0.05) is 12.0 Å². The second-order valence-corrected chi connectivity index (χ2v) is 10.5. The van der Waals surface area contributed by atoms with E-state index in [1.807, 2.05) is 18.2 Å². The summed E-state index contributed by atoms with van der Waals surface area (Å²) in [5.41, 5.74) is 6.02. The fourth-order valence-corrected chi connectivity index (χ4v) is 5.49. The van der Waals surface area contributed by atoms with Crippen molar-refractivity contribution < 1.29 is 19.0 Å². The van der Waals surface area contributed by atoms with Gasteiger partial charge in [-0.05, 0) is 88.7 Å². The zero-order valence-corrected chi connectivity index (χ0v) is 21.9. The Kier molecular flexibility index (Phi) is 7.73. The minimum absolute atomic E-state index is 0.136. The molecule has 0 unspecified atom stereocenters. The van der Waals surface area contributed by atoms with E-state index >= 15 is 0 Å². The Morgan fingerprint density at radius 3 is 2.56 bits per heavy atom. The molecule has 0 aromatic heterocycles. The summed E-state index contributed by atoms with van der Waals surface area (Å²) in [5, 5.41) is 9.68. The third-order valence-electron chi connectivity index (χ3n) is 7.36. The fraction of sp³-hybridized carbons (Fsp3) is 0.375. The molecular formula is C32H37FO3. The second kappa shape index (κ2) is 10.8. The van der Waals surface area contributed by atoms with Crippen LogP contribution in [0.25, 0.3) is 11.1 Å². The fourth-order valence-electron chi connectivity index (χ4n) is 5.49. The number of benzene rings is 3. The highest BCUT2D eigenvalue weighted by molar-refractivity contribution is 5.71. The highest BCUT2D eigenvalue weighted by atomic mass is 19.1. The van der Waals surface area contributed by atoms with Crippen LogP contribution in [0.5, 0.6) is 11.5 Å². The van der Waals surface area contributed by atoms with Gasteiger partial charge in [0.05, 0.1) is 12.9 Å². The molecule has 0 radical (unpaired) electrons. The molecule has 0 spiro atoms. The zero-order valence-electron chi connectivity index (χ0n) is 21.9. The van der Waals surface area contributed by atoms with Crippen LogP contribution in [-0.2, 0) is 18.4 Å². The molecular weight excluding hydrogens is 451 g/mol. The van der Waals surface area contributed by atoms with Crippen molar-refractivity contribution in [3.8, 4) is 22.6 Å². The number of allylic oxidation sites excluding steroid dienone is 1. The van der Waals surface area contributed by atoms with E-state index in [1.54, 1.807) is 19.2 Å². The van der Waals surface area contributed by atoms with Crippen LogP contribution in [-0.4, -0.2) is 12.2 Å². The molecule has 3 aromatic rings. The average molecular weight is 489 g/mol. The Labute approximate surface area is 214 Å². The summed E-state index contributed by atoms with van der Waals surface area (Å²) in [6.07, 6.45) is 4.65. The Morgan fingerprint density at radius 2 is 1.83 bits per heavy atom. The molecule has 0 aliphatic heterocycles. The predicted molar refractivity (Wildman–Crippen MR) is 145 cm³/mol. The maximum atomic E-state index is 14.9. The smallest absolute Gasteiger partial charge is 0.131 e. The molecule has 4 heteroatoms. The Morgan fingerprint density at radius 1 is 1.06 bits per heavy atom. The van der Waals surface area contributed by atoms with E-state index in [0.717, 1.165) is 48.1 Å². The first-order chi connectivity index (χ1) is 17.2. The first kappa shape index (κ1) is 25.8. The number of aryl methyl sites for hydroxylation is 1. The third-order valence-corrected chi connectivity index (χ3v) is 7.36. The van der Waals surface area contributed by atoms with Crippen molar-refractivity contribution >= 4 is 0 Å². The highest BCUT2D eigenvalue weighted by Gasteiger charge is 2.26. The molecule has 0 fully saturated rings. The van der Waals surface area contributed by atoms with E-state index in [0.29, 0.717) is 30.3 Å². The van der Waals surface area contributed by atoms with Crippen LogP contribution in [0.2, 0.25) is 0 Å². The van der Waals surface area contributed by atoms with Gasteiger partial charge in [0.1, 0.15) is 23.9 Å². The molecule has 0 saturated heterocycles. The van der Waals surface area contributed by atoms with E-state index in [4.69, 9.17) is 9.47 Å². The van der Waals surface area contributed by atoms with Gasteiger partial charge in [-0.3, -0.25) is 0 Å². The number of ether oxygens (including phenoxy) is 2. The third kappa shape index (κ3) is 5.59. The van der Waals surface area contributed by atoms with Crippen LogP contribution >= 0.6 is 0 Å². The van der Waals surface area contributed by atoms with Crippen molar-refractivity contribution in [3.05, 3.63) is 95.0 Å². The molecule has 1 N–H and O–H groups in total. The number of halogens is 1. The van der Waals surface area contributed by atoms with Gasteiger partial charge in [-0.1, -0.05) is 58.0 Å². The summed E-state index contributed by atoms with van der Waals surface area (Å²) >= 11 is 0. The van der Waals surface area contributed by atoms with Crippen LogP contribution in [0.15, 0.2) is 66.9 Å². The normalized spacial score (nSPS) is 15.0. The van der Waals surface area contributed by atoms with Crippen molar-refractivity contribution in [3.63, 3.8) is 0 Å². The lowest BCUT2D eigenvalue weighted by molar-refractivity contribution is 0.305. The van der Waals surface area contributed by atoms with Crippen LogP contribution in [0.3, 0.4) is 0 Å². The lowest BCUT2D eigenvalue weighted by Gasteiger charge is -2.28. The van der Waals surface area contributed by atoms with E-state index in [1.165, 1.54) is 17.2 Å². The summed E-state index contributed by atoms with van der Waals surface area (Å²) in [5.74, 6) is 1.72. The first-order valence-corrected chi connectivity index (χ1v) is 12.8. The topological polar surface area (TPSA) is 38.7 Å². The molecule has 3 nitrogen and oxygen atoms in total. The molecule has 0 saturated carbocycles. The van der Waals surface area contributed by atoms with Gasteiger partial charge in [0.2, 0.25) is 0 Å². The van der Waals surface area contributed by atoms with E-state index in [-0.39, 0.29) is 17.0 Å². The van der Waals surface area contributed by atoms with Gasteiger partial charge in [0.15, 0.2) is 0 Å². The van der Waals surface area contributed by atoms with Crippen molar-refractivity contribution in [2.75, 3.05) is 7.11 Å². The minimum Gasteiger partial charge on any atom is -0.513 e. The van der Waals surface area contributed by atoms with E-state index in [2.05, 4.69) is 45.5 Å². The summed E-state index contributed by atoms with van der Waals surface area (Å²) in [6.45, 7) is 10.7. The molecule has 1 aliphatic carbocycles. The standard InChI is InChI=1S/C32H37FO3/c1-6-15-32(3,4)30-17-22(7-13-27(30)29-18-25(35-5)12-14-31(29)33)20-36-26-11-10-23-8-9-24(16-21(2)34)28(23)19-26/h7,10-14,17-19,24,34H,2,6,8-9,15-16,20H2,1,3-5H3/t24-/m1/s1. The van der Waals surface area contributed by atoms with Crippen molar-refractivity contribution in [2.45, 2.75) is 70.8 Å². The monoisotopic (exact) mass is 488 g/mol. The molecule has 0 heterocycles. The number of fused-ring (bicyclic) bond motifs is 1. The van der Waals surface area contributed by atoms with E-state index < -0.39 is 0 Å². The maximum Gasteiger partial charge on any atom is 0.131 e. The minimum atomic E-state index is -0.258. The Bertz CT molecular complexity index is 1240. The first-order valence-electron chi connectivity index (χ1n) is 12.8. The van der Waals surface area contributed by atoms with E-state index in [9.17, 15) is 9.50 Å². The van der Waals surface area contributed by atoms with Gasteiger partial charge in [-0.15, -0.1) is 0 Å². The van der Waals surface area contributed by atoms with Gasteiger partial charge >= 0.3 is 0 Å². The summed E-state index contributed by atoms with van der Waals surface area (Å²) < 4.78 is 26.5. The SMILES string of the molecule is C=C(O)C[C@H]1CCc2ccc(OCc3ccc(-c4cc(OC)ccc4F)c(C(C)(C)CCC)c3)cc21. The van der Waals surface area contributed by atoms with Crippen LogP contribution in [0, 0.1) is 5.82 Å². The average Bonchev–Trinajstić information content (AvgIpc) is 3.24.